The third-order valence-corrected chi connectivity index (χ3v) is 9.19. The van der Waals surface area contributed by atoms with Gasteiger partial charge >= 0.3 is 0 Å². The first-order valence-corrected chi connectivity index (χ1v) is 15.6. The maximum Gasteiger partial charge on any atom is 0.0948 e. The summed E-state index contributed by atoms with van der Waals surface area (Å²) in [6.45, 7) is 0. The molecule has 1 aliphatic heterocycles. The van der Waals surface area contributed by atoms with Crippen LogP contribution in [0.2, 0.25) is 0 Å². The van der Waals surface area contributed by atoms with Crippen LogP contribution in [0.25, 0.3) is 22.3 Å². The average Bonchev–Trinajstić information content (AvgIpc) is 3.91. The Bertz CT molecular complexity index is 2370. The molecule has 236 valence electrons. The van der Waals surface area contributed by atoms with E-state index in [0.29, 0.717) is 0 Å². The van der Waals surface area contributed by atoms with Crippen molar-refractivity contribution in [1.29, 1.82) is 0 Å². The maximum absolute atomic E-state index is 4.48. The van der Waals surface area contributed by atoms with Gasteiger partial charge in [-0.1, -0.05) is 0 Å². The van der Waals surface area contributed by atoms with Crippen molar-refractivity contribution in [2.24, 2.45) is 28.2 Å². The number of hydrogen-bond acceptors (Lipinski definition) is 4. The number of rotatable bonds is 4. The molecule has 0 unspecified atom stereocenters. The van der Waals surface area contributed by atoms with Crippen molar-refractivity contribution in [2.45, 2.75) is 0 Å². The lowest BCUT2D eigenvalue weighted by molar-refractivity contribution is 0.891. The average molecular weight is 633 g/mol. The van der Waals surface area contributed by atoms with E-state index in [1.807, 2.05) is 96.6 Å². The molecule has 48 heavy (non-hydrogen) atoms. The number of aromatic nitrogens is 12. The quantitative estimate of drug-likeness (QED) is 0.232. The summed E-state index contributed by atoms with van der Waals surface area (Å²) in [6, 6.07) is 17.0. The minimum atomic E-state index is 0.951. The number of nitrogens with one attached hydrogen (secondary N) is 4. The van der Waals surface area contributed by atoms with Gasteiger partial charge in [0, 0.05) is 50.5 Å². The van der Waals surface area contributed by atoms with Crippen molar-refractivity contribution in [1.82, 2.24) is 58.1 Å². The van der Waals surface area contributed by atoms with E-state index in [1.54, 1.807) is 0 Å². The van der Waals surface area contributed by atoms with Gasteiger partial charge in [-0.15, -0.1) is 0 Å². The monoisotopic (exact) mass is 632 g/mol. The normalized spacial score (nSPS) is 13.2. The second-order valence-corrected chi connectivity index (χ2v) is 12.2. The molecule has 1 aliphatic rings. The van der Waals surface area contributed by atoms with Gasteiger partial charge in [0.25, 0.3) is 0 Å². The van der Waals surface area contributed by atoms with Crippen LogP contribution >= 0.6 is 0 Å². The Hall–Kier alpha value is -6.56. The van der Waals surface area contributed by atoms with Crippen LogP contribution in [0.4, 0.5) is 0 Å². The number of hydrogen-bond donors (Lipinski definition) is 4. The molecule has 0 fully saturated rings. The van der Waals surface area contributed by atoms with E-state index in [2.05, 4.69) is 88.4 Å². The molecule has 9 heterocycles. The summed E-state index contributed by atoms with van der Waals surface area (Å²) >= 11 is 0. The van der Waals surface area contributed by atoms with E-state index in [1.165, 1.54) is 0 Å². The molecular weight excluding hydrogens is 600 g/mol. The first-order chi connectivity index (χ1) is 23.4. The van der Waals surface area contributed by atoms with Crippen LogP contribution in [-0.2, 0) is 28.2 Å². The summed E-state index contributed by atoms with van der Waals surface area (Å²) in [5.41, 5.74) is 11.7. The topological polar surface area (TPSA) is 134 Å². The molecule has 0 aliphatic carbocycles. The number of imidazole rings is 4. The molecule has 0 saturated heterocycles. The molecule has 0 spiro atoms. The van der Waals surface area contributed by atoms with Crippen LogP contribution in [0.1, 0.15) is 45.6 Å². The van der Waals surface area contributed by atoms with Crippen molar-refractivity contribution >= 4 is 22.3 Å². The Labute approximate surface area is 273 Å². The molecule has 8 aromatic heterocycles. The van der Waals surface area contributed by atoms with Crippen LogP contribution in [0.5, 0.6) is 0 Å². The highest BCUT2D eigenvalue weighted by Gasteiger charge is 2.21. The second-order valence-electron chi connectivity index (χ2n) is 12.2. The Morgan fingerprint density at radius 1 is 0.354 bits per heavy atom. The van der Waals surface area contributed by atoms with Crippen LogP contribution in [-0.4, -0.2) is 58.1 Å². The van der Waals surface area contributed by atoms with Crippen molar-refractivity contribution < 1.29 is 0 Å². The third-order valence-electron chi connectivity index (χ3n) is 9.19. The Morgan fingerprint density at radius 3 is 0.812 bits per heavy atom. The van der Waals surface area contributed by atoms with E-state index in [0.717, 1.165) is 89.2 Å². The second kappa shape index (κ2) is 10.5. The van der Waals surface area contributed by atoms with Crippen molar-refractivity contribution in [3.8, 4) is 0 Å². The molecule has 0 aromatic carbocycles. The van der Waals surface area contributed by atoms with Gasteiger partial charge < -0.3 is 38.2 Å². The van der Waals surface area contributed by atoms with Crippen LogP contribution in [0, 0.1) is 0 Å². The lowest BCUT2D eigenvalue weighted by atomic mass is 10.1. The van der Waals surface area contributed by atoms with Gasteiger partial charge in [-0.3, -0.25) is 0 Å². The molecule has 0 amide bonds. The fourth-order valence-corrected chi connectivity index (χ4v) is 6.82. The predicted molar refractivity (Wildman–Crippen MR) is 181 cm³/mol. The minimum absolute atomic E-state index is 0.951. The maximum atomic E-state index is 4.48. The third kappa shape index (κ3) is 4.23. The Balaban J connectivity index is 1.46. The minimum Gasteiger partial charge on any atom is -0.354 e. The largest absolute Gasteiger partial charge is 0.354 e. The zero-order valence-electron chi connectivity index (χ0n) is 26.8. The summed E-state index contributed by atoms with van der Waals surface area (Å²) in [7, 11) is 8.05. The number of aromatic amines is 4. The van der Waals surface area contributed by atoms with E-state index in [-0.39, 0.29) is 0 Å². The fourth-order valence-electron chi connectivity index (χ4n) is 6.82. The van der Waals surface area contributed by atoms with Crippen LogP contribution in [0.3, 0.4) is 0 Å². The zero-order chi connectivity index (χ0) is 32.5. The molecule has 4 N–H and O–H groups in total. The summed E-state index contributed by atoms with van der Waals surface area (Å²) in [5, 5.41) is 3.80. The standard InChI is InChI=1S/C36H32N12/c1-45-17-37-13-29(45)33-21-5-7-23(41-21)34(30-14-38-18-46(30)2)25-9-11-27(43-25)36(32-16-40-20-48(32)4)28-12-10-26(44-28)35(24-8-6-22(33)42-24)31-15-39-19-47(31)3/h5-20,41-44H,1-4H3. The van der Waals surface area contributed by atoms with Gasteiger partial charge in [-0.2, -0.15) is 0 Å². The van der Waals surface area contributed by atoms with Crippen LogP contribution < -0.4 is 21.4 Å². The van der Waals surface area contributed by atoms with Gasteiger partial charge in [0.05, 0.1) is 117 Å². The smallest absolute Gasteiger partial charge is 0.0948 e. The van der Waals surface area contributed by atoms with E-state index in [9.17, 15) is 0 Å². The summed E-state index contributed by atoms with van der Waals surface area (Å²) < 4.78 is 8.15. The Morgan fingerprint density at radius 2 is 0.604 bits per heavy atom. The molecule has 12 heteroatoms. The summed E-state index contributed by atoms with van der Waals surface area (Å²) in [4.78, 5) is 33.0. The molecule has 8 bridgehead atoms. The van der Waals surface area contributed by atoms with E-state index >= 15 is 0 Å². The van der Waals surface area contributed by atoms with Gasteiger partial charge in [-0.05, 0) is 48.5 Å². The fraction of sp³-hybridized carbons (Fsp3) is 0.111. The van der Waals surface area contributed by atoms with Gasteiger partial charge in [-0.25, -0.2) is 19.9 Å². The molecule has 0 radical (unpaired) electrons. The SMILES string of the molecule is Cn1cncc1C1=c2ccc([nH]2)=C(c2cncn2C)c2ccc([nH]2)C(c2cncn2C)=c2ccc([nH]2)=C(c2cncn2C)c2ccc1[nH]2. The molecule has 0 saturated carbocycles. The first kappa shape index (κ1) is 27.7. The van der Waals surface area contributed by atoms with E-state index in [4.69, 9.17) is 0 Å². The van der Waals surface area contributed by atoms with Gasteiger partial charge in [0.15, 0.2) is 0 Å². The van der Waals surface area contributed by atoms with Crippen molar-refractivity contribution in [3.63, 3.8) is 0 Å². The van der Waals surface area contributed by atoms with Crippen molar-refractivity contribution in [2.75, 3.05) is 0 Å². The van der Waals surface area contributed by atoms with Crippen LogP contribution in [0.15, 0.2) is 98.6 Å². The van der Waals surface area contributed by atoms with Crippen molar-refractivity contribution in [3.05, 3.63) is 166 Å². The molecule has 12 nitrogen and oxygen atoms in total. The number of fused-ring (bicyclic) bond motifs is 8. The highest BCUT2D eigenvalue weighted by Crippen LogP contribution is 2.27. The molecule has 9 rings (SSSR count). The van der Waals surface area contributed by atoms with E-state index < -0.39 is 0 Å². The zero-order valence-corrected chi connectivity index (χ0v) is 26.8. The molecule has 0 atom stereocenters. The highest BCUT2D eigenvalue weighted by molar-refractivity contribution is 5.82. The van der Waals surface area contributed by atoms with Gasteiger partial charge in [0.2, 0.25) is 0 Å². The summed E-state index contributed by atoms with van der Waals surface area (Å²) in [5.74, 6) is 0. The Kier molecular flexibility index (Phi) is 6.06. The van der Waals surface area contributed by atoms with Gasteiger partial charge in [0.1, 0.15) is 0 Å². The number of nitrogens with zero attached hydrogens (tertiary/aromatic N) is 8. The first-order valence-electron chi connectivity index (χ1n) is 15.6. The summed E-state index contributed by atoms with van der Waals surface area (Å²) in [6.07, 6.45) is 14.9. The lowest BCUT2D eigenvalue weighted by Crippen LogP contribution is -2.20. The lowest BCUT2D eigenvalue weighted by Gasteiger charge is -2.10. The number of aryl methyl sites for hydroxylation is 4. The number of H-pyrrole nitrogens is 4. The highest BCUT2D eigenvalue weighted by atomic mass is 15.0. The molecule has 8 aromatic rings. The predicted octanol–water partition coefficient (Wildman–Crippen LogP) is 1.24. The molecular formula is C36H32N12.